The third kappa shape index (κ3) is 4.58. The van der Waals surface area contributed by atoms with Crippen LogP contribution in [0.2, 0.25) is 5.02 Å². The van der Waals surface area contributed by atoms with Gasteiger partial charge in [0.05, 0.1) is 0 Å². The lowest BCUT2D eigenvalue weighted by atomic mass is 9.85. The van der Waals surface area contributed by atoms with Crippen LogP contribution in [0.4, 0.5) is 0 Å². The van der Waals surface area contributed by atoms with Gasteiger partial charge in [0.2, 0.25) is 0 Å². The SMILES string of the molecule is Cl.Clc1ccc(CC2CCN(C3CCc4ccccc4C3)CC2)cc1. The maximum atomic E-state index is 5.99. The third-order valence-corrected chi connectivity index (χ3v) is 6.18. The van der Waals surface area contributed by atoms with Gasteiger partial charge in [-0.2, -0.15) is 0 Å². The molecule has 0 amide bonds. The highest BCUT2D eigenvalue weighted by Crippen LogP contribution is 2.29. The Morgan fingerprint density at radius 3 is 2.28 bits per heavy atom. The molecule has 0 radical (unpaired) electrons. The molecule has 0 N–H and O–H groups in total. The highest BCUT2D eigenvalue weighted by atomic mass is 35.5. The first kappa shape index (κ1) is 18.8. The van der Waals surface area contributed by atoms with E-state index in [0.29, 0.717) is 0 Å². The molecule has 1 aliphatic carbocycles. The quantitative estimate of drug-likeness (QED) is 0.677. The Balaban J connectivity index is 0.00000182. The molecule has 1 heterocycles. The molecule has 1 fully saturated rings. The minimum atomic E-state index is 0. The lowest BCUT2D eigenvalue weighted by Gasteiger charge is -2.40. The summed E-state index contributed by atoms with van der Waals surface area (Å²) in [4.78, 5) is 2.76. The van der Waals surface area contributed by atoms with Crippen LogP contribution >= 0.6 is 24.0 Å². The summed E-state index contributed by atoms with van der Waals surface area (Å²) >= 11 is 5.99. The number of piperidine rings is 1. The predicted octanol–water partition coefficient (Wildman–Crippen LogP) is 5.57. The summed E-state index contributed by atoms with van der Waals surface area (Å²) in [6.45, 7) is 2.54. The average molecular weight is 376 g/mol. The van der Waals surface area contributed by atoms with Gasteiger partial charge in [-0.3, -0.25) is 0 Å². The topological polar surface area (TPSA) is 3.24 Å². The van der Waals surface area contributed by atoms with Crippen molar-refractivity contribution in [3.05, 3.63) is 70.2 Å². The fourth-order valence-corrected chi connectivity index (χ4v) is 4.59. The summed E-state index contributed by atoms with van der Waals surface area (Å²) in [5.41, 5.74) is 4.59. The van der Waals surface area contributed by atoms with Gasteiger partial charge in [-0.1, -0.05) is 48.0 Å². The van der Waals surface area contributed by atoms with Gasteiger partial charge in [0.1, 0.15) is 0 Å². The number of rotatable bonds is 3. The molecule has 3 heteroatoms. The normalized spacial score (nSPS) is 21.4. The molecule has 2 aliphatic rings. The van der Waals surface area contributed by atoms with Crippen molar-refractivity contribution in [3.8, 4) is 0 Å². The molecule has 134 valence electrons. The van der Waals surface area contributed by atoms with Gasteiger partial charge in [-0.25, -0.2) is 0 Å². The maximum Gasteiger partial charge on any atom is 0.0406 e. The lowest BCUT2D eigenvalue weighted by molar-refractivity contribution is 0.122. The first-order chi connectivity index (χ1) is 11.8. The maximum absolute atomic E-state index is 5.99. The first-order valence-electron chi connectivity index (χ1n) is 9.33. The molecule has 0 spiro atoms. The van der Waals surface area contributed by atoms with Crippen molar-refractivity contribution in [1.82, 2.24) is 4.90 Å². The number of hydrogen-bond donors (Lipinski definition) is 0. The zero-order valence-corrected chi connectivity index (χ0v) is 16.2. The van der Waals surface area contributed by atoms with Gasteiger partial charge in [0.15, 0.2) is 0 Å². The van der Waals surface area contributed by atoms with Crippen molar-refractivity contribution in [3.63, 3.8) is 0 Å². The van der Waals surface area contributed by atoms with Crippen LogP contribution in [0.15, 0.2) is 48.5 Å². The molecule has 0 bridgehead atoms. The van der Waals surface area contributed by atoms with E-state index in [9.17, 15) is 0 Å². The fourth-order valence-electron chi connectivity index (χ4n) is 4.47. The Hall–Kier alpha value is -1.02. The molecule has 1 unspecified atom stereocenters. The lowest BCUT2D eigenvalue weighted by Crippen LogP contribution is -2.44. The number of likely N-dealkylation sites (tertiary alicyclic amines) is 1. The largest absolute Gasteiger partial charge is 0.300 e. The molecule has 2 aromatic rings. The Bertz CT molecular complexity index is 675. The average Bonchev–Trinajstić information content (AvgIpc) is 2.64. The molecule has 1 saturated heterocycles. The number of aryl methyl sites for hydroxylation is 1. The molecule has 25 heavy (non-hydrogen) atoms. The summed E-state index contributed by atoms with van der Waals surface area (Å²) in [5, 5.41) is 0.839. The Labute approximate surface area is 162 Å². The molecular formula is C22H27Cl2N. The summed E-state index contributed by atoms with van der Waals surface area (Å²) in [6.07, 6.45) is 7.71. The van der Waals surface area contributed by atoms with Gasteiger partial charge in [-0.05, 0) is 86.4 Å². The zero-order chi connectivity index (χ0) is 16.4. The van der Waals surface area contributed by atoms with E-state index in [-0.39, 0.29) is 12.4 Å². The van der Waals surface area contributed by atoms with E-state index >= 15 is 0 Å². The zero-order valence-electron chi connectivity index (χ0n) is 14.7. The van der Waals surface area contributed by atoms with Crippen molar-refractivity contribution >= 4 is 24.0 Å². The van der Waals surface area contributed by atoms with E-state index < -0.39 is 0 Å². The molecule has 1 nitrogen and oxygen atoms in total. The van der Waals surface area contributed by atoms with Crippen LogP contribution in [0.5, 0.6) is 0 Å². The molecular weight excluding hydrogens is 349 g/mol. The summed E-state index contributed by atoms with van der Waals surface area (Å²) < 4.78 is 0. The van der Waals surface area contributed by atoms with Crippen molar-refractivity contribution < 1.29 is 0 Å². The molecule has 0 saturated carbocycles. The van der Waals surface area contributed by atoms with Crippen LogP contribution < -0.4 is 0 Å². The highest BCUT2D eigenvalue weighted by molar-refractivity contribution is 6.30. The van der Waals surface area contributed by atoms with Gasteiger partial charge in [0, 0.05) is 11.1 Å². The first-order valence-corrected chi connectivity index (χ1v) is 9.71. The molecule has 4 rings (SSSR count). The standard InChI is InChI=1S/C22H26ClN.ClH/c23-21-8-5-17(6-9-21)15-18-11-13-24(14-12-18)22-10-7-19-3-1-2-4-20(19)16-22;/h1-6,8-9,18,22H,7,10-16H2;1H. The second-order valence-electron chi connectivity index (χ2n) is 7.48. The molecule has 0 aromatic heterocycles. The van der Waals surface area contributed by atoms with Crippen molar-refractivity contribution in [2.75, 3.05) is 13.1 Å². The van der Waals surface area contributed by atoms with E-state index in [0.717, 1.165) is 17.0 Å². The van der Waals surface area contributed by atoms with Crippen LogP contribution in [-0.4, -0.2) is 24.0 Å². The van der Waals surface area contributed by atoms with Crippen LogP contribution in [0.25, 0.3) is 0 Å². The minimum absolute atomic E-state index is 0. The summed E-state index contributed by atoms with van der Waals surface area (Å²) in [5.74, 6) is 0.832. The number of fused-ring (bicyclic) bond motifs is 1. The van der Waals surface area contributed by atoms with Crippen LogP contribution in [0.3, 0.4) is 0 Å². The van der Waals surface area contributed by atoms with Crippen molar-refractivity contribution in [2.45, 2.75) is 44.6 Å². The Morgan fingerprint density at radius 1 is 0.880 bits per heavy atom. The van der Waals surface area contributed by atoms with E-state index in [2.05, 4.69) is 41.3 Å². The minimum Gasteiger partial charge on any atom is -0.300 e. The van der Waals surface area contributed by atoms with E-state index in [4.69, 9.17) is 11.6 Å². The van der Waals surface area contributed by atoms with Crippen LogP contribution in [-0.2, 0) is 19.3 Å². The van der Waals surface area contributed by atoms with E-state index in [1.54, 1.807) is 11.1 Å². The Morgan fingerprint density at radius 2 is 1.56 bits per heavy atom. The number of hydrogen-bond acceptors (Lipinski definition) is 1. The van der Waals surface area contributed by atoms with E-state index in [1.165, 1.54) is 57.2 Å². The van der Waals surface area contributed by atoms with Gasteiger partial charge in [0.25, 0.3) is 0 Å². The predicted molar refractivity (Wildman–Crippen MR) is 109 cm³/mol. The number of nitrogens with zero attached hydrogens (tertiary/aromatic N) is 1. The Kier molecular flexibility index (Phi) is 6.44. The summed E-state index contributed by atoms with van der Waals surface area (Å²) in [7, 11) is 0. The molecule has 1 atom stereocenters. The molecule has 1 aliphatic heterocycles. The van der Waals surface area contributed by atoms with E-state index in [1.807, 2.05) is 12.1 Å². The van der Waals surface area contributed by atoms with Gasteiger partial charge < -0.3 is 4.90 Å². The fraction of sp³-hybridized carbons (Fsp3) is 0.455. The second-order valence-corrected chi connectivity index (χ2v) is 7.91. The van der Waals surface area contributed by atoms with Gasteiger partial charge in [-0.15, -0.1) is 12.4 Å². The van der Waals surface area contributed by atoms with Crippen molar-refractivity contribution in [2.24, 2.45) is 5.92 Å². The smallest absolute Gasteiger partial charge is 0.0406 e. The van der Waals surface area contributed by atoms with Gasteiger partial charge >= 0.3 is 0 Å². The number of benzene rings is 2. The highest BCUT2D eigenvalue weighted by Gasteiger charge is 2.27. The number of halogens is 2. The van der Waals surface area contributed by atoms with Crippen LogP contribution in [0, 0.1) is 5.92 Å². The summed E-state index contributed by atoms with van der Waals surface area (Å²) in [6, 6.07) is 18.2. The second kappa shape index (κ2) is 8.58. The molecule has 2 aromatic carbocycles. The van der Waals surface area contributed by atoms with Crippen molar-refractivity contribution in [1.29, 1.82) is 0 Å². The monoisotopic (exact) mass is 375 g/mol. The van der Waals surface area contributed by atoms with Crippen LogP contribution in [0.1, 0.15) is 36.0 Å². The third-order valence-electron chi connectivity index (χ3n) is 5.92.